The van der Waals surface area contributed by atoms with Gasteiger partial charge in [0.2, 0.25) is 0 Å². The highest BCUT2D eigenvalue weighted by Gasteiger charge is 2.18. The number of fused-ring (bicyclic) bond motifs is 3. The fourth-order valence-electron chi connectivity index (χ4n) is 3.74. The van der Waals surface area contributed by atoms with Crippen molar-refractivity contribution in [3.05, 3.63) is 94.2 Å². The summed E-state index contributed by atoms with van der Waals surface area (Å²) >= 11 is 5.89. The molecule has 0 saturated heterocycles. The van der Waals surface area contributed by atoms with Crippen LogP contribution in [0.15, 0.2) is 66.1 Å². The summed E-state index contributed by atoms with van der Waals surface area (Å²) in [5, 5.41) is 10.2. The van der Waals surface area contributed by atoms with Gasteiger partial charge >= 0.3 is 0 Å². The first kappa shape index (κ1) is 20.2. The molecule has 32 heavy (non-hydrogen) atoms. The van der Waals surface area contributed by atoms with Crippen LogP contribution in [0.25, 0.3) is 16.7 Å². The molecule has 7 nitrogen and oxygen atoms in total. The summed E-state index contributed by atoms with van der Waals surface area (Å²) in [7, 11) is 0. The third-order valence-electron chi connectivity index (χ3n) is 5.51. The van der Waals surface area contributed by atoms with Crippen LogP contribution >= 0.6 is 11.6 Å². The molecule has 160 valence electrons. The van der Waals surface area contributed by atoms with E-state index in [0.717, 1.165) is 40.0 Å². The SMILES string of the molecule is Cc1c(C)n(Cc2ccccc2)c2ncn3nc(CO/N=C\c4ccc(Cl)cc4)nc3c12. The Bertz CT molecular complexity index is 1420. The van der Waals surface area contributed by atoms with Gasteiger partial charge < -0.3 is 9.40 Å². The van der Waals surface area contributed by atoms with Crippen molar-refractivity contribution in [2.75, 3.05) is 0 Å². The van der Waals surface area contributed by atoms with E-state index in [1.165, 1.54) is 5.56 Å². The number of oxime groups is 1. The Balaban J connectivity index is 1.41. The first-order chi connectivity index (χ1) is 15.6. The van der Waals surface area contributed by atoms with Crippen molar-refractivity contribution in [1.29, 1.82) is 0 Å². The van der Waals surface area contributed by atoms with E-state index in [1.54, 1.807) is 29.2 Å². The van der Waals surface area contributed by atoms with Crippen LogP contribution in [0.5, 0.6) is 0 Å². The average molecular weight is 445 g/mol. The van der Waals surface area contributed by atoms with Crippen molar-refractivity contribution in [2.45, 2.75) is 27.0 Å². The van der Waals surface area contributed by atoms with Crippen LogP contribution in [0.2, 0.25) is 5.02 Å². The second-order valence-corrected chi connectivity index (χ2v) is 8.02. The monoisotopic (exact) mass is 444 g/mol. The summed E-state index contributed by atoms with van der Waals surface area (Å²) in [5.74, 6) is 0.542. The fraction of sp³-hybridized carbons (Fsp3) is 0.167. The molecular weight excluding hydrogens is 424 g/mol. The number of rotatable bonds is 6. The molecule has 5 aromatic rings. The highest BCUT2D eigenvalue weighted by atomic mass is 35.5. The third kappa shape index (κ3) is 3.83. The largest absolute Gasteiger partial charge is 0.387 e. The molecule has 3 heterocycles. The van der Waals surface area contributed by atoms with E-state index in [2.05, 4.69) is 57.9 Å². The summed E-state index contributed by atoms with van der Waals surface area (Å²) < 4.78 is 3.92. The van der Waals surface area contributed by atoms with Crippen molar-refractivity contribution in [2.24, 2.45) is 5.16 Å². The van der Waals surface area contributed by atoms with E-state index in [-0.39, 0.29) is 6.61 Å². The highest BCUT2D eigenvalue weighted by molar-refractivity contribution is 6.30. The van der Waals surface area contributed by atoms with Crippen LogP contribution in [-0.2, 0) is 18.0 Å². The molecule has 0 N–H and O–H groups in total. The number of halogens is 1. The summed E-state index contributed by atoms with van der Waals surface area (Å²) in [6.07, 6.45) is 3.33. The van der Waals surface area contributed by atoms with Crippen LogP contribution in [-0.4, -0.2) is 30.4 Å². The zero-order chi connectivity index (χ0) is 22.1. The van der Waals surface area contributed by atoms with E-state index in [4.69, 9.17) is 21.4 Å². The Kier molecular flexibility index (Phi) is 5.33. The van der Waals surface area contributed by atoms with Gasteiger partial charge in [-0.25, -0.2) is 14.5 Å². The number of hydrogen-bond acceptors (Lipinski definition) is 5. The first-order valence-corrected chi connectivity index (χ1v) is 10.6. The van der Waals surface area contributed by atoms with Crippen molar-refractivity contribution >= 4 is 34.5 Å². The Morgan fingerprint density at radius 3 is 2.59 bits per heavy atom. The zero-order valence-electron chi connectivity index (χ0n) is 17.7. The molecule has 5 rings (SSSR count). The van der Waals surface area contributed by atoms with Crippen molar-refractivity contribution in [3.8, 4) is 0 Å². The van der Waals surface area contributed by atoms with Crippen LogP contribution in [0.3, 0.4) is 0 Å². The van der Waals surface area contributed by atoms with E-state index in [0.29, 0.717) is 10.8 Å². The Hall–Kier alpha value is -3.71. The molecule has 3 aromatic heterocycles. The van der Waals surface area contributed by atoms with Crippen molar-refractivity contribution < 1.29 is 4.84 Å². The maximum atomic E-state index is 5.89. The van der Waals surface area contributed by atoms with Gasteiger partial charge in [0.25, 0.3) is 0 Å². The molecule has 0 spiro atoms. The Labute approximate surface area is 189 Å². The molecule has 2 aromatic carbocycles. The van der Waals surface area contributed by atoms with Gasteiger partial charge in [-0.1, -0.05) is 59.2 Å². The molecule has 0 saturated carbocycles. The second kappa shape index (κ2) is 8.43. The van der Waals surface area contributed by atoms with Crippen molar-refractivity contribution in [3.63, 3.8) is 0 Å². The van der Waals surface area contributed by atoms with Gasteiger partial charge in [-0.2, -0.15) is 0 Å². The van der Waals surface area contributed by atoms with E-state index >= 15 is 0 Å². The maximum Gasteiger partial charge on any atom is 0.192 e. The highest BCUT2D eigenvalue weighted by Crippen LogP contribution is 2.27. The van der Waals surface area contributed by atoms with Gasteiger partial charge in [0.05, 0.1) is 11.6 Å². The third-order valence-corrected chi connectivity index (χ3v) is 5.77. The van der Waals surface area contributed by atoms with Crippen LogP contribution in [0.1, 0.15) is 28.2 Å². The number of aromatic nitrogens is 5. The van der Waals surface area contributed by atoms with E-state index in [9.17, 15) is 0 Å². The average Bonchev–Trinajstić information content (AvgIpc) is 3.33. The van der Waals surface area contributed by atoms with Gasteiger partial charge in [0, 0.05) is 17.3 Å². The fourth-order valence-corrected chi connectivity index (χ4v) is 3.86. The molecule has 0 aliphatic heterocycles. The topological polar surface area (TPSA) is 69.6 Å². The lowest BCUT2D eigenvalue weighted by atomic mass is 10.2. The van der Waals surface area contributed by atoms with Gasteiger partial charge in [0.15, 0.2) is 18.1 Å². The molecule has 0 aliphatic carbocycles. The Morgan fingerprint density at radius 1 is 1.03 bits per heavy atom. The van der Waals surface area contributed by atoms with E-state index < -0.39 is 0 Å². The predicted octanol–water partition coefficient (Wildman–Crippen LogP) is 4.95. The molecule has 0 bridgehead atoms. The van der Waals surface area contributed by atoms with Crippen LogP contribution < -0.4 is 0 Å². The van der Waals surface area contributed by atoms with Gasteiger partial charge in [-0.15, -0.1) is 5.10 Å². The molecule has 0 amide bonds. The number of hydrogen-bond donors (Lipinski definition) is 0. The molecule has 0 aliphatic rings. The molecule has 8 heteroatoms. The summed E-state index contributed by atoms with van der Waals surface area (Å²) in [5.41, 5.74) is 6.10. The summed E-state index contributed by atoms with van der Waals surface area (Å²) in [6, 6.07) is 17.7. The minimum atomic E-state index is 0.163. The smallest absolute Gasteiger partial charge is 0.192 e. The minimum absolute atomic E-state index is 0.163. The van der Waals surface area contributed by atoms with E-state index in [1.807, 2.05) is 18.2 Å². The van der Waals surface area contributed by atoms with Crippen LogP contribution in [0.4, 0.5) is 0 Å². The normalized spacial score (nSPS) is 11.7. The number of aryl methyl sites for hydroxylation is 1. The summed E-state index contributed by atoms with van der Waals surface area (Å²) in [6.45, 7) is 5.13. The lowest BCUT2D eigenvalue weighted by Gasteiger charge is -2.07. The quantitative estimate of drug-likeness (QED) is 0.274. The molecule has 0 fully saturated rings. The van der Waals surface area contributed by atoms with Gasteiger partial charge in [-0.05, 0) is 42.7 Å². The Morgan fingerprint density at radius 2 is 1.81 bits per heavy atom. The lowest BCUT2D eigenvalue weighted by molar-refractivity contribution is 0.126. The summed E-state index contributed by atoms with van der Waals surface area (Å²) in [4.78, 5) is 14.8. The second-order valence-electron chi connectivity index (χ2n) is 7.58. The predicted molar refractivity (Wildman–Crippen MR) is 125 cm³/mol. The number of nitrogens with zero attached hydrogens (tertiary/aromatic N) is 6. The molecule has 0 atom stereocenters. The minimum Gasteiger partial charge on any atom is -0.387 e. The van der Waals surface area contributed by atoms with Gasteiger partial charge in [-0.3, -0.25) is 0 Å². The van der Waals surface area contributed by atoms with Crippen molar-refractivity contribution in [1.82, 2.24) is 24.1 Å². The lowest BCUT2D eigenvalue weighted by Crippen LogP contribution is -2.03. The van der Waals surface area contributed by atoms with Gasteiger partial charge in [0.1, 0.15) is 12.0 Å². The molecule has 0 unspecified atom stereocenters. The number of benzene rings is 2. The molecule has 0 radical (unpaired) electrons. The maximum absolute atomic E-state index is 5.89. The standard InChI is InChI=1S/C24H21ClN6O/c1-16-17(2)30(13-19-6-4-3-5-7-19)23-22(16)24-28-21(29-31(24)15-26-23)14-32-27-12-18-8-10-20(25)11-9-18/h3-12,15H,13-14H2,1-2H3/b27-12-. The zero-order valence-corrected chi connectivity index (χ0v) is 18.5. The first-order valence-electron chi connectivity index (χ1n) is 10.2. The molecular formula is C24H21ClN6O. The van der Waals surface area contributed by atoms with Crippen LogP contribution in [0, 0.1) is 13.8 Å².